The Morgan fingerprint density at radius 1 is 0.952 bits per heavy atom. The van der Waals surface area contributed by atoms with Crippen LogP contribution in [0.25, 0.3) is 0 Å². The van der Waals surface area contributed by atoms with Gasteiger partial charge in [-0.3, -0.25) is 0 Å². The van der Waals surface area contributed by atoms with Crippen LogP contribution in [0, 0.1) is 13.8 Å². The molecule has 0 amide bonds. The zero-order valence-electron chi connectivity index (χ0n) is 12.4. The molecule has 1 aromatic rings. The molecule has 0 N–H and O–H groups in total. The molecule has 0 aromatic heterocycles. The Bertz CT molecular complexity index is 1170. The number of aryl methyl sites for hydroxylation is 1. The molecule has 1 spiro atoms. The summed E-state index contributed by atoms with van der Waals surface area (Å²) >= 11 is 0. The fraction of sp³-hybridized carbons (Fsp3) is 0.667. The van der Waals surface area contributed by atoms with Gasteiger partial charge in [0.05, 0.1) is 0 Å². The van der Waals surface area contributed by atoms with Gasteiger partial charge in [-0.25, -0.2) is 0 Å². The minimum absolute atomic E-state index is 0.319. The van der Waals surface area contributed by atoms with Crippen molar-refractivity contribution in [2.45, 2.75) is 61.1 Å². The number of hydrogen-bond donors (Lipinski definition) is 0. The minimum atomic E-state index is -2.82. The van der Waals surface area contributed by atoms with Crippen LogP contribution in [0.4, 0.5) is 0 Å². The van der Waals surface area contributed by atoms with Crippen molar-refractivity contribution in [1.82, 2.24) is 0 Å². The van der Waals surface area contributed by atoms with E-state index in [0.717, 1.165) is 3.94 Å². The van der Waals surface area contributed by atoms with Crippen LogP contribution in [0.3, 0.4) is 0 Å². The SMILES string of the molecule is Cc1cccc(O[SiH2][C]23[CH]4[CH]5[CH]6[CH]2[Fe]56432789[CH]3[CH]2[CH]7[CH]8[CH]39)c1C. The predicted molar refractivity (Wildman–Crippen MR) is 81.5 cm³/mol. The second-order valence-electron chi connectivity index (χ2n) is 12.3. The summed E-state index contributed by atoms with van der Waals surface area (Å²) < 4.78 is 7.77. The van der Waals surface area contributed by atoms with Gasteiger partial charge in [0.15, 0.2) is 0 Å². The van der Waals surface area contributed by atoms with Gasteiger partial charge in [-0.1, -0.05) is 0 Å². The van der Waals surface area contributed by atoms with Gasteiger partial charge in [-0.2, -0.15) is 0 Å². The molecule has 4 unspecified atom stereocenters. The van der Waals surface area contributed by atoms with E-state index in [-0.39, 0.29) is 9.76 Å². The fourth-order valence-corrected chi connectivity index (χ4v) is 109. The molecule has 4 atom stereocenters. The summed E-state index contributed by atoms with van der Waals surface area (Å²) in [4.78, 5) is 13.1. The molecule has 11 rings (SSSR count). The van der Waals surface area contributed by atoms with Crippen molar-refractivity contribution in [1.29, 1.82) is 0 Å². The Labute approximate surface area is 117 Å². The quantitative estimate of drug-likeness (QED) is 0.740. The first-order chi connectivity index (χ1) is 9.94. The summed E-state index contributed by atoms with van der Waals surface area (Å²) in [5.41, 5.74) is 2.82. The zero-order valence-corrected chi connectivity index (χ0v) is 14.9. The molecule has 10 heterocycles. The van der Waals surface area contributed by atoms with Gasteiger partial charge in [0.1, 0.15) is 0 Å². The van der Waals surface area contributed by atoms with Crippen molar-refractivity contribution in [3.8, 4) is 5.75 Å². The van der Waals surface area contributed by atoms with Crippen molar-refractivity contribution in [3.63, 3.8) is 0 Å². The van der Waals surface area contributed by atoms with E-state index in [1.165, 1.54) is 60.2 Å². The molecule has 0 radical (unpaired) electrons. The summed E-state index contributed by atoms with van der Waals surface area (Å²) in [7, 11) is -0.319. The Kier molecular flexibility index (Phi) is 0.337. The molecule has 10 aliphatic heterocycles. The monoisotopic (exact) mass is 336 g/mol. The summed E-state index contributed by atoms with van der Waals surface area (Å²) in [6.07, 6.45) is 0. The summed E-state index contributed by atoms with van der Waals surface area (Å²) in [6.45, 7) is 1.67. The predicted octanol–water partition coefficient (Wildman–Crippen LogP) is 4.48. The first-order valence-corrected chi connectivity index (χ1v) is 16.4. The Hall–Kier alpha value is -0.244. The van der Waals surface area contributed by atoms with Gasteiger partial charge in [-0.05, 0) is 0 Å². The number of hydrogen-bond acceptors (Lipinski definition) is 1. The molecule has 3 heteroatoms. The molecule has 10 fully saturated rings. The molecule has 0 bridgehead atoms. The average molecular weight is 336 g/mol. The average Bonchev–Trinajstić information content (AvgIpc) is 3.42. The van der Waals surface area contributed by atoms with Gasteiger partial charge in [0.25, 0.3) is 0 Å². The first-order valence-electron chi connectivity index (χ1n) is 8.85. The van der Waals surface area contributed by atoms with Crippen molar-refractivity contribution in [2.24, 2.45) is 0 Å². The molecule has 10 saturated heterocycles. The molecule has 0 saturated carbocycles. The third kappa shape index (κ3) is 0.115. The van der Waals surface area contributed by atoms with E-state index in [1.54, 1.807) is 0 Å². The van der Waals surface area contributed by atoms with Crippen molar-refractivity contribution in [3.05, 3.63) is 29.3 Å². The van der Waals surface area contributed by atoms with Crippen LogP contribution in [0.1, 0.15) is 11.1 Å². The van der Waals surface area contributed by atoms with Crippen LogP contribution in [-0.4, -0.2) is 9.76 Å². The van der Waals surface area contributed by atoms with E-state index in [0.29, 0.717) is 0 Å². The van der Waals surface area contributed by atoms with E-state index >= 15 is 0 Å². The van der Waals surface area contributed by atoms with Crippen molar-refractivity contribution < 1.29 is 10.9 Å². The third-order valence-electron chi connectivity index (χ3n) is 17.0. The number of rotatable bonds is 3. The van der Waals surface area contributed by atoms with E-state index in [1.807, 2.05) is 0 Å². The molecule has 0 aliphatic carbocycles. The normalized spacial score (nSPS) is 99.0. The molecule has 1 aromatic carbocycles. The van der Waals surface area contributed by atoms with Crippen LogP contribution in [0.15, 0.2) is 18.2 Å². The molecule has 21 heavy (non-hydrogen) atoms. The molecule has 10 aliphatic rings. The van der Waals surface area contributed by atoms with Crippen molar-refractivity contribution in [2.75, 3.05) is 0 Å². The van der Waals surface area contributed by atoms with Crippen LogP contribution >= 0.6 is 0 Å². The summed E-state index contributed by atoms with van der Waals surface area (Å²) in [6, 6.07) is 6.68. The molecule has 110 valence electrons. The second kappa shape index (κ2) is 0.826. The molecular weight excluding hydrogens is 316 g/mol. The Morgan fingerprint density at radius 2 is 1.57 bits per heavy atom. The first kappa shape index (κ1) is 8.56. The van der Waals surface area contributed by atoms with Crippen LogP contribution in [0.5, 0.6) is 5.75 Å². The van der Waals surface area contributed by atoms with Gasteiger partial charge < -0.3 is 0 Å². The van der Waals surface area contributed by atoms with Gasteiger partial charge >= 0.3 is 117 Å². The Morgan fingerprint density at radius 3 is 2.05 bits per heavy atom. The van der Waals surface area contributed by atoms with E-state index in [9.17, 15) is 0 Å². The number of fused-ring (bicyclic) bond motifs is 10. The second-order valence-corrected chi connectivity index (χ2v) is 38.4. The number of benzene rings is 1. The van der Waals surface area contributed by atoms with Crippen LogP contribution in [-0.2, 0) is 6.51 Å². The van der Waals surface area contributed by atoms with Gasteiger partial charge in [0.2, 0.25) is 0 Å². The maximum atomic E-state index is 6.72. The van der Waals surface area contributed by atoms with E-state index in [4.69, 9.17) is 4.43 Å². The van der Waals surface area contributed by atoms with Crippen LogP contribution < -0.4 is 4.43 Å². The summed E-state index contributed by atoms with van der Waals surface area (Å²) in [5.74, 6) is 1.26. The fourth-order valence-electron chi connectivity index (χ4n) is 18.1. The topological polar surface area (TPSA) is 9.23 Å². The zero-order chi connectivity index (χ0) is 13.3. The van der Waals surface area contributed by atoms with E-state index in [2.05, 4.69) is 32.0 Å². The molecular formula is C18H20FeOSi. The van der Waals surface area contributed by atoms with Gasteiger partial charge in [0, 0.05) is 0 Å². The van der Waals surface area contributed by atoms with Gasteiger partial charge in [-0.15, -0.1) is 0 Å². The molecule has 1 nitrogen and oxygen atoms in total. The van der Waals surface area contributed by atoms with Crippen molar-refractivity contribution >= 4 is 9.76 Å². The maximum absolute atomic E-state index is 6.72. The summed E-state index contributed by atoms with van der Waals surface area (Å²) in [5, 5.41) is 0. The Balaban J connectivity index is 1.19. The standard InChI is InChI=1S/C13H15OSi.C5H5.Fe/c1-10-6-5-9-13(11(10)2)14-15-12-7-3-4-8-12;1-2-4-5-3-1;/h3-9H,15H2,1-2H3;1-5H;. The third-order valence-corrected chi connectivity index (χ3v) is 68.1. The van der Waals surface area contributed by atoms with E-state index < -0.39 is 6.51 Å². The van der Waals surface area contributed by atoms with Crippen LogP contribution in [0.2, 0.25) is 47.3 Å².